The number of rotatable bonds is 6. The minimum atomic E-state index is 0.120. The summed E-state index contributed by atoms with van der Waals surface area (Å²) in [6.45, 7) is 6.65. The molecule has 0 atom stereocenters. The van der Waals surface area contributed by atoms with Crippen LogP contribution in [0.15, 0.2) is 30.3 Å². The van der Waals surface area contributed by atoms with Crippen molar-refractivity contribution in [3.63, 3.8) is 0 Å². The zero-order valence-corrected chi connectivity index (χ0v) is 15.5. The van der Waals surface area contributed by atoms with Gasteiger partial charge >= 0.3 is 0 Å². The molecule has 1 aromatic heterocycles. The number of aryl methyl sites for hydroxylation is 1. The molecule has 7 heteroatoms. The smallest absolute Gasteiger partial charge is 0.242 e. The average Bonchev–Trinajstić information content (AvgIpc) is 2.97. The van der Waals surface area contributed by atoms with Crippen LogP contribution in [-0.4, -0.2) is 56.7 Å². The molecule has 0 radical (unpaired) electrons. The standard InChI is InChI=1S/C18H25N5OS/c1-2-6-16-19-20-18(25)23(16)14-17(24)22-11-9-21(10-12-22)13-15-7-4-3-5-8-15/h3-5,7-8H,2,6,9-14H2,1H3,(H,20,25). The van der Waals surface area contributed by atoms with Gasteiger partial charge < -0.3 is 4.90 Å². The monoisotopic (exact) mass is 359 g/mol. The number of H-pyrrole nitrogens is 1. The van der Waals surface area contributed by atoms with E-state index in [4.69, 9.17) is 12.2 Å². The first kappa shape index (κ1) is 17.8. The van der Waals surface area contributed by atoms with Crippen molar-refractivity contribution >= 4 is 18.1 Å². The van der Waals surface area contributed by atoms with Crippen molar-refractivity contribution in [3.05, 3.63) is 46.5 Å². The van der Waals surface area contributed by atoms with Crippen LogP contribution in [0, 0.1) is 4.77 Å². The minimum absolute atomic E-state index is 0.120. The summed E-state index contributed by atoms with van der Waals surface area (Å²) >= 11 is 5.26. The Morgan fingerprint density at radius 3 is 2.60 bits per heavy atom. The molecule has 3 rings (SSSR count). The molecule has 1 aliphatic rings. The highest BCUT2D eigenvalue weighted by molar-refractivity contribution is 7.71. The van der Waals surface area contributed by atoms with Gasteiger partial charge in [-0.3, -0.25) is 19.4 Å². The van der Waals surface area contributed by atoms with Crippen molar-refractivity contribution in [2.45, 2.75) is 32.9 Å². The zero-order chi connectivity index (χ0) is 17.6. The third kappa shape index (κ3) is 4.55. The van der Waals surface area contributed by atoms with E-state index in [1.807, 2.05) is 15.5 Å². The van der Waals surface area contributed by atoms with Gasteiger partial charge in [-0.1, -0.05) is 37.3 Å². The first-order chi connectivity index (χ1) is 12.2. The van der Waals surface area contributed by atoms with E-state index >= 15 is 0 Å². The fourth-order valence-electron chi connectivity index (χ4n) is 3.16. The SMILES string of the molecule is CCCc1n[nH]c(=S)n1CC(=O)N1CCN(Cc2ccccc2)CC1. The molecule has 1 N–H and O–H groups in total. The van der Waals surface area contributed by atoms with Crippen LogP contribution >= 0.6 is 12.2 Å². The molecule has 1 fully saturated rings. The van der Waals surface area contributed by atoms with Crippen LogP contribution in [0.4, 0.5) is 0 Å². The number of carbonyl (C=O) groups excluding carboxylic acids is 1. The lowest BCUT2D eigenvalue weighted by Crippen LogP contribution is -2.49. The maximum atomic E-state index is 12.6. The number of aromatic nitrogens is 3. The van der Waals surface area contributed by atoms with Crippen LogP contribution in [0.3, 0.4) is 0 Å². The van der Waals surface area contributed by atoms with Gasteiger partial charge in [-0.15, -0.1) is 0 Å². The lowest BCUT2D eigenvalue weighted by atomic mass is 10.2. The summed E-state index contributed by atoms with van der Waals surface area (Å²) in [5, 5.41) is 7.03. The summed E-state index contributed by atoms with van der Waals surface area (Å²) < 4.78 is 2.36. The maximum absolute atomic E-state index is 12.6. The number of hydrogen-bond donors (Lipinski definition) is 1. The predicted octanol–water partition coefficient (Wildman–Crippen LogP) is 2.24. The van der Waals surface area contributed by atoms with Gasteiger partial charge in [-0.05, 0) is 24.2 Å². The predicted molar refractivity (Wildman–Crippen MR) is 99.7 cm³/mol. The van der Waals surface area contributed by atoms with Crippen molar-refractivity contribution in [1.29, 1.82) is 0 Å². The van der Waals surface area contributed by atoms with Crippen LogP contribution in [0.1, 0.15) is 24.7 Å². The molecular weight excluding hydrogens is 334 g/mol. The molecule has 0 saturated carbocycles. The maximum Gasteiger partial charge on any atom is 0.242 e. The van der Waals surface area contributed by atoms with Crippen LogP contribution in [0.5, 0.6) is 0 Å². The molecular formula is C18H25N5OS. The number of benzene rings is 1. The van der Waals surface area contributed by atoms with Crippen molar-refractivity contribution in [2.24, 2.45) is 0 Å². The van der Waals surface area contributed by atoms with Gasteiger partial charge in [0.15, 0.2) is 4.77 Å². The first-order valence-corrected chi connectivity index (χ1v) is 9.26. The Bertz CT molecular complexity index is 746. The molecule has 0 unspecified atom stereocenters. The highest BCUT2D eigenvalue weighted by Gasteiger charge is 2.22. The second-order valence-corrected chi connectivity index (χ2v) is 6.81. The van der Waals surface area contributed by atoms with Crippen molar-refractivity contribution in [2.75, 3.05) is 26.2 Å². The van der Waals surface area contributed by atoms with E-state index in [1.54, 1.807) is 0 Å². The fraction of sp³-hybridized carbons (Fsp3) is 0.500. The lowest BCUT2D eigenvalue weighted by Gasteiger charge is -2.34. The average molecular weight is 359 g/mol. The van der Waals surface area contributed by atoms with Crippen LogP contribution in [-0.2, 0) is 24.3 Å². The molecule has 1 amide bonds. The largest absolute Gasteiger partial charge is 0.339 e. The summed E-state index contributed by atoms with van der Waals surface area (Å²) in [4.78, 5) is 17.0. The Morgan fingerprint density at radius 2 is 1.92 bits per heavy atom. The molecule has 0 spiro atoms. The van der Waals surface area contributed by atoms with E-state index < -0.39 is 0 Å². The lowest BCUT2D eigenvalue weighted by molar-refractivity contribution is -0.133. The van der Waals surface area contributed by atoms with Gasteiger partial charge in [-0.2, -0.15) is 5.10 Å². The Kier molecular flexibility index (Phi) is 5.99. The van der Waals surface area contributed by atoms with Crippen molar-refractivity contribution in [1.82, 2.24) is 24.6 Å². The van der Waals surface area contributed by atoms with Crippen molar-refractivity contribution < 1.29 is 4.79 Å². The van der Waals surface area contributed by atoms with E-state index in [0.29, 0.717) is 4.77 Å². The number of hydrogen-bond acceptors (Lipinski definition) is 4. The Labute approximate surface area is 153 Å². The first-order valence-electron chi connectivity index (χ1n) is 8.85. The molecule has 2 heterocycles. The van der Waals surface area contributed by atoms with Crippen molar-refractivity contribution in [3.8, 4) is 0 Å². The molecule has 6 nitrogen and oxygen atoms in total. The van der Waals surface area contributed by atoms with Crippen LogP contribution < -0.4 is 0 Å². The summed E-state index contributed by atoms with van der Waals surface area (Å²) in [7, 11) is 0. The molecule has 1 saturated heterocycles. The van der Waals surface area contributed by atoms with Gasteiger partial charge in [0, 0.05) is 39.1 Å². The number of amides is 1. The molecule has 25 heavy (non-hydrogen) atoms. The third-order valence-corrected chi connectivity index (χ3v) is 4.89. The van der Waals surface area contributed by atoms with Crippen LogP contribution in [0.2, 0.25) is 0 Å². The van der Waals surface area contributed by atoms with Gasteiger partial charge in [-0.25, -0.2) is 0 Å². The molecule has 134 valence electrons. The number of piperazine rings is 1. The topological polar surface area (TPSA) is 57.2 Å². The molecule has 0 bridgehead atoms. The molecule has 1 aliphatic heterocycles. The second kappa shape index (κ2) is 8.40. The summed E-state index contributed by atoms with van der Waals surface area (Å²) in [6.07, 6.45) is 1.80. The van der Waals surface area contributed by atoms with Gasteiger partial charge in [0.05, 0.1) is 0 Å². The highest BCUT2D eigenvalue weighted by Crippen LogP contribution is 2.10. The van der Waals surface area contributed by atoms with Gasteiger partial charge in [0.2, 0.25) is 5.91 Å². The number of aromatic amines is 1. The quantitative estimate of drug-likeness (QED) is 0.804. The summed E-state index contributed by atoms with van der Waals surface area (Å²) in [6, 6.07) is 10.5. The van der Waals surface area contributed by atoms with E-state index in [9.17, 15) is 4.79 Å². The van der Waals surface area contributed by atoms with E-state index in [1.165, 1.54) is 5.56 Å². The molecule has 2 aromatic rings. The van der Waals surface area contributed by atoms with Gasteiger partial charge in [0.1, 0.15) is 12.4 Å². The number of carbonyl (C=O) groups is 1. The Balaban J connectivity index is 1.53. The van der Waals surface area contributed by atoms with Crippen LogP contribution in [0.25, 0.3) is 0 Å². The van der Waals surface area contributed by atoms with E-state index in [0.717, 1.165) is 51.4 Å². The Morgan fingerprint density at radius 1 is 1.20 bits per heavy atom. The Hall–Kier alpha value is -1.99. The summed E-state index contributed by atoms with van der Waals surface area (Å²) in [5.41, 5.74) is 1.32. The fourth-order valence-corrected chi connectivity index (χ4v) is 3.38. The highest BCUT2D eigenvalue weighted by atomic mass is 32.1. The van der Waals surface area contributed by atoms with Gasteiger partial charge in [0.25, 0.3) is 0 Å². The summed E-state index contributed by atoms with van der Waals surface area (Å²) in [5.74, 6) is 0.984. The minimum Gasteiger partial charge on any atom is -0.339 e. The third-order valence-electron chi connectivity index (χ3n) is 4.58. The molecule has 1 aromatic carbocycles. The number of nitrogens with one attached hydrogen (secondary N) is 1. The second-order valence-electron chi connectivity index (χ2n) is 6.42. The van der Waals surface area contributed by atoms with E-state index in [2.05, 4.69) is 46.3 Å². The normalized spacial score (nSPS) is 15.5. The molecule has 0 aliphatic carbocycles. The zero-order valence-electron chi connectivity index (χ0n) is 14.6. The number of nitrogens with zero attached hydrogens (tertiary/aromatic N) is 4. The van der Waals surface area contributed by atoms with E-state index in [-0.39, 0.29) is 12.5 Å².